The molecule has 0 aliphatic carbocycles. The topological polar surface area (TPSA) is 64.6 Å². The van der Waals surface area contributed by atoms with Gasteiger partial charge in [0, 0.05) is 57.5 Å². The molecule has 0 radical (unpaired) electrons. The number of amides is 1. The van der Waals surface area contributed by atoms with E-state index in [0.717, 1.165) is 52.2 Å². The number of benzene rings is 1. The molecule has 1 atom stereocenters. The van der Waals surface area contributed by atoms with Gasteiger partial charge in [-0.2, -0.15) is 0 Å². The van der Waals surface area contributed by atoms with Crippen LogP contribution in [0.5, 0.6) is 0 Å². The summed E-state index contributed by atoms with van der Waals surface area (Å²) in [5.41, 5.74) is 2.83. The van der Waals surface area contributed by atoms with E-state index in [1.807, 2.05) is 25.7 Å². The molecule has 1 unspecified atom stereocenters. The molecule has 174 valence electrons. The Morgan fingerprint density at radius 1 is 1.22 bits per heavy atom. The Morgan fingerprint density at radius 2 is 1.94 bits per heavy atom. The Labute approximate surface area is 196 Å². The summed E-state index contributed by atoms with van der Waals surface area (Å²) in [5.74, 6) is 0.284. The Hall–Kier alpha value is -2.38. The fraction of sp³-hybridized carbons (Fsp3) is 0.542. The molecule has 1 aromatic heterocycles. The number of hydrogen-bond acceptors (Lipinski definition) is 6. The number of nitrogens with zero attached hydrogens (tertiary/aromatic N) is 5. The maximum atomic E-state index is 12.8. The fourth-order valence-electron chi connectivity index (χ4n) is 3.97. The van der Waals surface area contributed by atoms with Gasteiger partial charge in [-0.1, -0.05) is 23.7 Å². The number of carbonyl (C=O) groups excluding carboxylic acids is 1. The molecule has 0 bridgehead atoms. The van der Waals surface area contributed by atoms with Crippen molar-refractivity contribution in [2.45, 2.75) is 40.2 Å². The maximum absolute atomic E-state index is 12.8. The minimum atomic E-state index is -0.248. The number of piperazine rings is 1. The van der Waals surface area contributed by atoms with Gasteiger partial charge in [0.2, 0.25) is 5.95 Å². The van der Waals surface area contributed by atoms with Crippen molar-refractivity contribution in [2.24, 2.45) is 0 Å². The molecule has 8 heteroatoms. The van der Waals surface area contributed by atoms with E-state index in [0.29, 0.717) is 5.95 Å². The summed E-state index contributed by atoms with van der Waals surface area (Å²) in [6, 6.07) is 8.71. The van der Waals surface area contributed by atoms with Crippen molar-refractivity contribution in [3.05, 3.63) is 46.7 Å². The van der Waals surface area contributed by atoms with E-state index in [9.17, 15) is 4.79 Å². The molecule has 1 N–H and O–H groups in total. The van der Waals surface area contributed by atoms with Crippen LogP contribution < -0.4 is 15.1 Å². The van der Waals surface area contributed by atoms with Crippen LogP contribution in [-0.4, -0.2) is 72.6 Å². The molecule has 0 spiro atoms. The third-order valence-corrected chi connectivity index (χ3v) is 6.26. The summed E-state index contributed by atoms with van der Waals surface area (Å²) in [6.45, 7) is 14.8. The van der Waals surface area contributed by atoms with Gasteiger partial charge < -0.3 is 15.1 Å². The molecule has 1 aliphatic heterocycles. The summed E-state index contributed by atoms with van der Waals surface area (Å²) in [4.78, 5) is 28.4. The molecule has 0 saturated carbocycles. The van der Waals surface area contributed by atoms with Gasteiger partial charge in [-0.25, -0.2) is 9.97 Å². The Bertz CT molecular complexity index is 896. The molecule has 1 aliphatic rings. The van der Waals surface area contributed by atoms with Crippen LogP contribution in [0.4, 0.5) is 11.6 Å². The number of nitrogens with one attached hydrogen (secondary N) is 1. The Balaban J connectivity index is 1.48. The van der Waals surface area contributed by atoms with Gasteiger partial charge in [-0.15, -0.1) is 0 Å². The summed E-state index contributed by atoms with van der Waals surface area (Å²) in [5, 5.41) is 3.33. The average molecular weight is 459 g/mol. The predicted octanol–water partition coefficient (Wildman–Crippen LogP) is 3.62. The summed E-state index contributed by atoms with van der Waals surface area (Å²) < 4.78 is 0. The molecule has 2 heterocycles. The monoisotopic (exact) mass is 458 g/mol. The van der Waals surface area contributed by atoms with Crippen LogP contribution in [0.25, 0.3) is 0 Å². The van der Waals surface area contributed by atoms with Crippen LogP contribution in [0, 0.1) is 6.92 Å². The lowest BCUT2D eigenvalue weighted by atomic mass is 10.1. The predicted molar refractivity (Wildman–Crippen MR) is 132 cm³/mol. The van der Waals surface area contributed by atoms with Crippen LogP contribution in [0.3, 0.4) is 0 Å². The molecule has 32 heavy (non-hydrogen) atoms. The molecular formula is C24H35ClN6O. The maximum Gasteiger partial charge on any atom is 0.271 e. The number of rotatable bonds is 9. The van der Waals surface area contributed by atoms with Crippen molar-refractivity contribution in [3.63, 3.8) is 0 Å². The molecule has 1 saturated heterocycles. The van der Waals surface area contributed by atoms with Gasteiger partial charge >= 0.3 is 0 Å². The summed E-state index contributed by atoms with van der Waals surface area (Å²) in [6.07, 6.45) is 2.39. The van der Waals surface area contributed by atoms with Crippen molar-refractivity contribution in [1.29, 1.82) is 0 Å². The fourth-order valence-corrected chi connectivity index (χ4v) is 4.15. The Kier molecular flexibility index (Phi) is 8.70. The standard InChI is InChI=1S/C24H35ClN6O/c1-5-30(6-2)24-26-17-21(25)22(28-24)23(32)27-19(4)10-11-29-12-14-31(15-13-29)20-9-7-8-18(3)16-20/h7-9,16-17,19H,5-6,10-15H2,1-4H3,(H,27,32). The molecule has 7 nitrogen and oxygen atoms in total. The van der Waals surface area contributed by atoms with E-state index in [2.05, 4.69) is 56.3 Å². The van der Waals surface area contributed by atoms with Gasteiger partial charge in [0.15, 0.2) is 5.69 Å². The quantitative estimate of drug-likeness (QED) is 0.619. The van der Waals surface area contributed by atoms with E-state index in [4.69, 9.17) is 11.6 Å². The average Bonchev–Trinajstić information content (AvgIpc) is 2.79. The summed E-state index contributed by atoms with van der Waals surface area (Å²) >= 11 is 6.22. The SMILES string of the molecule is CCN(CC)c1ncc(Cl)c(C(=O)NC(C)CCN2CCN(c3cccc(C)c3)CC2)n1. The van der Waals surface area contributed by atoms with Crippen LogP contribution in [-0.2, 0) is 0 Å². The normalized spacial score (nSPS) is 15.5. The lowest BCUT2D eigenvalue weighted by Crippen LogP contribution is -2.47. The number of aryl methyl sites for hydroxylation is 1. The zero-order valence-corrected chi connectivity index (χ0v) is 20.4. The Morgan fingerprint density at radius 3 is 2.59 bits per heavy atom. The highest BCUT2D eigenvalue weighted by atomic mass is 35.5. The lowest BCUT2D eigenvalue weighted by Gasteiger charge is -2.36. The first-order chi connectivity index (χ1) is 15.4. The highest BCUT2D eigenvalue weighted by molar-refractivity contribution is 6.33. The molecule has 1 amide bonds. The number of anilines is 2. The van der Waals surface area contributed by atoms with Crippen LogP contribution in [0.15, 0.2) is 30.5 Å². The van der Waals surface area contributed by atoms with Gasteiger partial charge in [-0.05, 0) is 51.8 Å². The zero-order chi connectivity index (χ0) is 23.1. The molecule has 1 aromatic carbocycles. The smallest absolute Gasteiger partial charge is 0.271 e. The molecule has 2 aromatic rings. The first kappa shape index (κ1) is 24.3. The van der Waals surface area contributed by atoms with Crippen LogP contribution in [0.2, 0.25) is 5.02 Å². The second-order valence-corrected chi connectivity index (χ2v) is 8.78. The molecule has 3 rings (SSSR count). The highest BCUT2D eigenvalue weighted by Crippen LogP contribution is 2.19. The third kappa shape index (κ3) is 6.33. The molecule has 1 fully saturated rings. The number of hydrogen-bond donors (Lipinski definition) is 1. The highest BCUT2D eigenvalue weighted by Gasteiger charge is 2.20. The first-order valence-electron chi connectivity index (χ1n) is 11.5. The van der Waals surface area contributed by atoms with Gasteiger partial charge in [0.1, 0.15) is 0 Å². The van der Waals surface area contributed by atoms with Gasteiger partial charge in [0.05, 0.1) is 11.2 Å². The van der Waals surface area contributed by atoms with Gasteiger partial charge in [0.25, 0.3) is 5.91 Å². The number of halogens is 1. The van der Waals surface area contributed by atoms with E-state index in [1.165, 1.54) is 17.4 Å². The van der Waals surface area contributed by atoms with Crippen LogP contribution >= 0.6 is 11.6 Å². The largest absolute Gasteiger partial charge is 0.369 e. The number of carbonyl (C=O) groups is 1. The van der Waals surface area contributed by atoms with E-state index < -0.39 is 0 Å². The second-order valence-electron chi connectivity index (χ2n) is 8.37. The third-order valence-electron chi connectivity index (χ3n) is 5.99. The molecular weight excluding hydrogens is 424 g/mol. The van der Waals surface area contributed by atoms with E-state index >= 15 is 0 Å². The number of aromatic nitrogens is 2. The van der Waals surface area contributed by atoms with Crippen molar-refractivity contribution in [3.8, 4) is 0 Å². The van der Waals surface area contributed by atoms with E-state index in [1.54, 1.807) is 0 Å². The van der Waals surface area contributed by atoms with Crippen LogP contribution in [0.1, 0.15) is 43.2 Å². The van der Waals surface area contributed by atoms with Crippen molar-refractivity contribution in [2.75, 3.05) is 55.6 Å². The second kappa shape index (κ2) is 11.5. The van der Waals surface area contributed by atoms with Crippen molar-refractivity contribution in [1.82, 2.24) is 20.2 Å². The summed E-state index contributed by atoms with van der Waals surface area (Å²) in [7, 11) is 0. The minimum Gasteiger partial charge on any atom is -0.369 e. The lowest BCUT2D eigenvalue weighted by molar-refractivity contribution is 0.0930. The zero-order valence-electron chi connectivity index (χ0n) is 19.6. The van der Waals surface area contributed by atoms with E-state index in [-0.39, 0.29) is 22.7 Å². The first-order valence-corrected chi connectivity index (χ1v) is 11.9. The van der Waals surface area contributed by atoms with Crippen molar-refractivity contribution < 1.29 is 4.79 Å². The minimum absolute atomic E-state index is 0.0280. The van der Waals surface area contributed by atoms with Crippen molar-refractivity contribution >= 4 is 29.1 Å². The van der Waals surface area contributed by atoms with Gasteiger partial charge in [-0.3, -0.25) is 9.69 Å².